The van der Waals surface area contributed by atoms with Crippen LogP contribution in [0.5, 0.6) is 0 Å². The first-order valence-electron chi connectivity index (χ1n) is 6.75. The minimum Gasteiger partial charge on any atom is -0.310 e. The van der Waals surface area contributed by atoms with Gasteiger partial charge in [0.2, 0.25) is 0 Å². The van der Waals surface area contributed by atoms with E-state index >= 15 is 0 Å². The maximum Gasteiger partial charge on any atom is 0.0280 e. The maximum atomic E-state index is 3.67. The number of nitrogens with one attached hydrogen (secondary N) is 1. The predicted octanol–water partition coefficient (Wildman–Crippen LogP) is 3.41. The second-order valence-electron chi connectivity index (χ2n) is 5.75. The van der Waals surface area contributed by atoms with Gasteiger partial charge >= 0.3 is 0 Å². The van der Waals surface area contributed by atoms with Crippen molar-refractivity contribution in [3.8, 4) is 0 Å². The topological polar surface area (TPSA) is 15.3 Å². The Balaban J connectivity index is 1.90. The number of piperidine rings is 1. The van der Waals surface area contributed by atoms with E-state index in [4.69, 9.17) is 0 Å². The molecule has 0 spiro atoms. The van der Waals surface area contributed by atoms with E-state index in [0.717, 1.165) is 17.6 Å². The number of benzene rings is 1. The van der Waals surface area contributed by atoms with Crippen LogP contribution in [0.3, 0.4) is 0 Å². The standard InChI is InChI=1S/C15H23BrN2/c1-15(8-3-4-9-17-15)12-18(2)11-13-6-5-7-14(16)10-13/h5-7,10,17H,3-4,8-9,11-12H2,1-2H3. The van der Waals surface area contributed by atoms with Gasteiger partial charge in [-0.3, -0.25) is 0 Å². The lowest BCUT2D eigenvalue weighted by atomic mass is 9.90. The van der Waals surface area contributed by atoms with Gasteiger partial charge in [-0.1, -0.05) is 34.5 Å². The van der Waals surface area contributed by atoms with Crippen LogP contribution in [-0.4, -0.2) is 30.6 Å². The Kier molecular flexibility index (Phi) is 4.82. The smallest absolute Gasteiger partial charge is 0.0280 e. The Morgan fingerprint density at radius 3 is 2.89 bits per heavy atom. The summed E-state index contributed by atoms with van der Waals surface area (Å²) >= 11 is 3.53. The molecule has 1 saturated heterocycles. The highest BCUT2D eigenvalue weighted by Gasteiger charge is 2.27. The van der Waals surface area contributed by atoms with Crippen LogP contribution >= 0.6 is 15.9 Å². The number of rotatable bonds is 4. The quantitative estimate of drug-likeness (QED) is 0.917. The fraction of sp³-hybridized carbons (Fsp3) is 0.600. The second kappa shape index (κ2) is 6.18. The van der Waals surface area contributed by atoms with Crippen LogP contribution < -0.4 is 5.32 Å². The molecule has 18 heavy (non-hydrogen) atoms. The molecule has 1 aromatic rings. The first-order valence-corrected chi connectivity index (χ1v) is 7.55. The van der Waals surface area contributed by atoms with Crippen molar-refractivity contribution in [2.24, 2.45) is 0 Å². The van der Waals surface area contributed by atoms with Crippen molar-refractivity contribution in [2.45, 2.75) is 38.3 Å². The molecule has 3 heteroatoms. The Bertz CT molecular complexity index is 386. The van der Waals surface area contributed by atoms with Crippen LogP contribution in [0.15, 0.2) is 28.7 Å². The van der Waals surface area contributed by atoms with Gasteiger partial charge in [0, 0.05) is 23.1 Å². The van der Waals surface area contributed by atoms with Crippen LogP contribution in [0.25, 0.3) is 0 Å². The summed E-state index contributed by atoms with van der Waals surface area (Å²) in [6.07, 6.45) is 3.97. The molecule has 1 aromatic carbocycles. The molecular formula is C15H23BrN2. The highest BCUT2D eigenvalue weighted by molar-refractivity contribution is 9.10. The Morgan fingerprint density at radius 2 is 2.22 bits per heavy atom. The zero-order valence-corrected chi connectivity index (χ0v) is 13.0. The third-order valence-corrected chi connectivity index (χ3v) is 4.16. The molecule has 1 aliphatic rings. The lowest BCUT2D eigenvalue weighted by Gasteiger charge is -2.38. The molecule has 0 amide bonds. The molecular weight excluding hydrogens is 288 g/mol. The largest absolute Gasteiger partial charge is 0.310 e. The van der Waals surface area contributed by atoms with Gasteiger partial charge < -0.3 is 10.2 Å². The van der Waals surface area contributed by atoms with E-state index in [1.54, 1.807) is 0 Å². The molecule has 1 aliphatic heterocycles. The highest BCUT2D eigenvalue weighted by Crippen LogP contribution is 2.20. The number of halogens is 1. The number of nitrogens with zero attached hydrogens (tertiary/aromatic N) is 1. The lowest BCUT2D eigenvalue weighted by molar-refractivity contribution is 0.183. The van der Waals surface area contributed by atoms with Crippen molar-refractivity contribution in [3.63, 3.8) is 0 Å². The van der Waals surface area contributed by atoms with Gasteiger partial charge in [0.05, 0.1) is 0 Å². The molecule has 0 radical (unpaired) electrons. The maximum absolute atomic E-state index is 3.67. The first kappa shape index (κ1) is 14.0. The fourth-order valence-electron chi connectivity index (χ4n) is 2.85. The minimum atomic E-state index is 0.291. The summed E-state index contributed by atoms with van der Waals surface area (Å²) in [6.45, 7) is 5.64. The van der Waals surface area contributed by atoms with E-state index in [2.05, 4.69) is 64.4 Å². The van der Waals surface area contributed by atoms with E-state index in [9.17, 15) is 0 Å². The van der Waals surface area contributed by atoms with Gasteiger partial charge in [-0.05, 0) is 51.1 Å². The molecule has 1 heterocycles. The van der Waals surface area contributed by atoms with Crippen molar-refractivity contribution >= 4 is 15.9 Å². The first-order chi connectivity index (χ1) is 8.57. The summed E-state index contributed by atoms with van der Waals surface area (Å²) in [6, 6.07) is 8.58. The van der Waals surface area contributed by atoms with Crippen LogP contribution in [0.4, 0.5) is 0 Å². The van der Waals surface area contributed by atoms with Crippen molar-refractivity contribution < 1.29 is 0 Å². The van der Waals surface area contributed by atoms with Crippen LogP contribution in [0, 0.1) is 0 Å². The molecule has 1 unspecified atom stereocenters. The van der Waals surface area contributed by atoms with Crippen molar-refractivity contribution in [3.05, 3.63) is 34.3 Å². The van der Waals surface area contributed by atoms with Gasteiger partial charge in [0.15, 0.2) is 0 Å². The number of likely N-dealkylation sites (N-methyl/N-ethyl adjacent to an activating group) is 1. The Hall–Kier alpha value is -0.380. The molecule has 0 aromatic heterocycles. The third kappa shape index (κ3) is 4.08. The van der Waals surface area contributed by atoms with Gasteiger partial charge in [-0.15, -0.1) is 0 Å². The van der Waals surface area contributed by atoms with E-state index in [1.165, 1.54) is 31.4 Å². The summed E-state index contributed by atoms with van der Waals surface area (Å²) < 4.78 is 1.16. The molecule has 1 N–H and O–H groups in total. The fourth-order valence-corrected chi connectivity index (χ4v) is 3.30. The van der Waals surface area contributed by atoms with Crippen molar-refractivity contribution in [2.75, 3.05) is 20.1 Å². The molecule has 100 valence electrons. The van der Waals surface area contributed by atoms with Crippen molar-refractivity contribution in [1.29, 1.82) is 0 Å². The van der Waals surface area contributed by atoms with Crippen LogP contribution in [-0.2, 0) is 6.54 Å². The normalized spacial score (nSPS) is 24.4. The van der Waals surface area contributed by atoms with Crippen LogP contribution in [0.1, 0.15) is 31.7 Å². The van der Waals surface area contributed by atoms with Gasteiger partial charge in [-0.2, -0.15) is 0 Å². The zero-order valence-electron chi connectivity index (χ0n) is 11.4. The number of hydrogen-bond donors (Lipinski definition) is 1. The molecule has 1 atom stereocenters. The minimum absolute atomic E-state index is 0.291. The summed E-state index contributed by atoms with van der Waals surface area (Å²) in [5.74, 6) is 0. The summed E-state index contributed by atoms with van der Waals surface area (Å²) in [5.41, 5.74) is 1.66. The zero-order chi connectivity index (χ0) is 13.0. The average molecular weight is 311 g/mol. The van der Waals surface area contributed by atoms with Crippen LogP contribution in [0.2, 0.25) is 0 Å². The molecule has 2 nitrogen and oxygen atoms in total. The summed E-state index contributed by atoms with van der Waals surface area (Å²) in [4.78, 5) is 2.42. The van der Waals surface area contributed by atoms with Crippen molar-refractivity contribution in [1.82, 2.24) is 10.2 Å². The van der Waals surface area contributed by atoms with Gasteiger partial charge in [0.1, 0.15) is 0 Å². The van der Waals surface area contributed by atoms with E-state index < -0.39 is 0 Å². The van der Waals surface area contributed by atoms with E-state index in [1.807, 2.05) is 0 Å². The molecule has 0 saturated carbocycles. The number of hydrogen-bond acceptors (Lipinski definition) is 2. The third-order valence-electron chi connectivity index (χ3n) is 3.67. The van der Waals surface area contributed by atoms with E-state index in [-0.39, 0.29) is 0 Å². The summed E-state index contributed by atoms with van der Waals surface area (Å²) in [5, 5.41) is 3.67. The molecule has 0 aliphatic carbocycles. The average Bonchev–Trinajstić information content (AvgIpc) is 2.28. The highest BCUT2D eigenvalue weighted by atomic mass is 79.9. The predicted molar refractivity (Wildman–Crippen MR) is 80.7 cm³/mol. The van der Waals surface area contributed by atoms with Gasteiger partial charge in [-0.25, -0.2) is 0 Å². The lowest BCUT2D eigenvalue weighted by Crippen LogP contribution is -2.52. The summed E-state index contributed by atoms with van der Waals surface area (Å²) in [7, 11) is 2.21. The van der Waals surface area contributed by atoms with Gasteiger partial charge in [0.25, 0.3) is 0 Å². The Labute approximate surface area is 119 Å². The molecule has 2 rings (SSSR count). The van der Waals surface area contributed by atoms with E-state index in [0.29, 0.717) is 5.54 Å². The Morgan fingerprint density at radius 1 is 1.39 bits per heavy atom. The molecule has 0 bridgehead atoms. The second-order valence-corrected chi connectivity index (χ2v) is 6.66. The SMILES string of the molecule is CN(Cc1cccc(Br)c1)CC1(C)CCCCN1. The molecule has 1 fully saturated rings. The monoisotopic (exact) mass is 310 g/mol.